The zero-order valence-electron chi connectivity index (χ0n) is 34.6. The van der Waals surface area contributed by atoms with Crippen molar-refractivity contribution in [3.8, 4) is 17.2 Å². The lowest BCUT2D eigenvalue weighted by molar-refractivity contribution is 0.355. The molecule has 0 aliphatic carbocycles. The van der Waals surface area contributed by atoms with Gasteiger partial charge < -0.3 is 14.2 Å². The average molecular weight is 731 g/mol. The van der Waals surface area contributed by atoms with Crippen LogP contribution in [0.1, 0.15) is 105 Å². The van der Waals surface area contributed by atoms with Gasteiger partial charge in [-0.15, -0.1) is 11.8 Å². The second-order valence-corrected chi connectivity index (χ2v) is 16.6. The van der Waals surface area contributed by atoms with Gasteiger partial charge in [-0.05, 0) is 65.5 Å². The maximum Gasteiger partial charge on any atom is 0.140 e. The molecule has 6 heteroatoms. The van der Waals surface area contributed by atoms with Gasteiger partial charge >= 0.3 is 0 Å². The molecular formula is C46H70N2O3S. The number of thioether (sulfide) groups is 1. The van der Waals surface area contributed by atoms with Crippen molar-refractivity contribution in [3.63, 3.8) is 0 Å². The molecule has 0 amide bonds. The van der Waals surface area contributed by atoms with Crippen LogP contribution in [-0.2, 0) is 25.7 Å². The molecule has 5 nitrogen and oxygen atoms in total. The van der Waals surface area contributed by atoms with E-state index in [-0.39, 0.29) is 0 Å². The molecule has 0 saturated heterocycles. The van der Waals surface area contributed by atoms with Gasteiger partial charge in [-0.2, -0.15) is 0 Å². The molecule has 0 unspecified atom stereocenters. The molecule has 0 saturated carbocycles. The third-order valence-corrected chi connectivity index (χ3v) is 7.32. The number of fused-ring (bicyclic) bond motifs is 4. The number of benzene rings is 2. The maximum absolute atomic E-state index is 5.30. The largest absolute Gasteiger partial charge is 0.493 e. The van der Waals surface area contributed by atoms with Crippen LogP contribution in [0.2, 0.25) is 0 Å². The van der Waals surface area contributed by atoms with Crippen molar-refractivity contribution in [1.82, 2.24) is 9.97 Å². The zero-order valence-corrected chi connectivity index (χ0v) is 35.4. The summed E-state index contributed by atoms with van der Waals surface area (Å²) in [5, 5.41) is 0. The molecule has 6 heterocycles. The Bertz CT molecular complexity index is 1150. The van der Waals surface area contributed by atoms with Gasteiger partial charge in [0.05, 0.1) is 32.2 Å². The van der Waals surface area contributed by atoms with Crippen LogP contribution in [0.3, 0.4) is 0 Å². The standard InChI is InChI=1S/C8H8O.C8H8S.2C7H7NO.4C4H10/c2*1-2-4-8-7(3-1)5-6-9-8;2*1-3-8-5-7-6(1)2-4-9-7;4*1-4(2)3/h2*1-4H,5-6H2;2*1,3,5H,2,4H2;4*4H,1-3H3. The molecule has 8 rings (SSSR count). The van der Waals surface area contributed by atoms with Crippen molar-refractivity contribution >= 4 is 11.8 Å². The highest BCUT2D eigenvalue weighted by Gasteiger charge is 2.11. The molecule has 4 aromatic rings. The van der Waals surface area contributed by atoms with Gasteiger partial charge in [-0.1, -0.05) is 119 Å². The Morgan fingerprint density at radius 2 is 0.808 bits per heavy atom. The quantitative estimate of drug-likeness (QED) is 0.180. The first-order valence-corrected chi connectivity index (χ1v) is 20.3. The first-order chi connectivity index (χ1) is 24.8. The van der Waals surface area contributed by atoms with Gasteiger partial charge in [0.15, 0.2) is 0 Å². The van der Waals surface area contributed by atoms with Crippen LogP contribution in [0.4, 0.5) is 0 Å². The van der Waals surface area contributed by atoms with Crippen molar-refractivity contribution < 1.29 is 14.2 Å². The van der Waals surface area contributed by atoms with Crippen LogP contribution < -0.4 is 14.2 Å². The molecule has 0 radical (unpaired) electrons. The van der Waals surface area contributed by atoms with E-state index >= 15 is 0 Å². The SMILES string of the molecule is CC(C)C.CC(C)C.CC(C)C.CC(C)C.c1cc2c(cn1)OCC2.c1cc2c(cn1)OCC2.c1ccc2c(c1)CCO2.c1ccc2c(c1)CCS2. The molecule has 0 atom stereocenters. The van der Waals surface area contributed by atoms with Crippen molar-refractivity contribution in [1.29, 1.82) is 0 Å². The first kappa shape index (κ1) is 46.5. The fourth-order valence-corrected chi connectivity index (χ4v) is 5.35. The Morgan fingerprint density at radius 3 is 1.21 bits per heavy atom. The summed E-state index contributed by atoms with van der Waals surface area (Å²) in [4.78, 5) is 9.35. The Kier molecular flexibility index (Phi) is 25.1. The number of rotatable bonds is 0. The normalized spacial score (nSPS) is 13.1. The minimum atomic E-state index is 0.820. The van der Waals surface area contributed by atoms with Crippen molar-refractivity contribution in [2.24, 2.45) is 23.7 Å². The summed E-state index contributed by atoms with van der Waals surface area (Å²) in [6.07, 6.45) is 11.6. The van der Waals surface area contributed by atoms with E-state index in [0.29, 0.717) is 0 Å². The van der Waals surface area contributed by atoms with Gasteiger partial charge in [-0.3, -0.25) is 9.97 Å². The lowest BCUT2D eigenvalue weighted by Crippen LogP contribution is -1.85. The summed E-state index contributed by atoms with van der Waals surface area (Å²) in [5.41, 5.74) is 5.44. The molecule has 0 spiro atoms. The van der Waals surface area contributed by atoms with E-state index in [1.165, 1.54) is 39.3 Å². The van der Waals surface area contributed by atoms with Gasteiger partial charge in [0.1, 0.15) is 17.2 Å². The smallest absolute Gasteiger partial charge is 0.140 e. The highest BCUT2D eigenvalue weighted by Crippen LogP contribution is 2.30. The molecule has 2 aromatic carbocycles. The maximum atomic E-state index is 5.30. The van der Waals surface area contributed by atoms with E-state index in [4.69, 9.17) is 14.2 Å². The van der Waals surface area contributed by atoms with Crippen molar-refractivity contribution in [2.75, 3.05) is 25.6 Å². The van der Waals surface area contributed by atoms with Crippen LogP contribution in [0.25, 0.3) is 0 Å². The summed E-state index contributed by atoms with van der Waals surface area (Å²) >= 11 is 1.97. The fourth-order valence-electron chi connectivity index (χ4n) is 4.28. The van der Waals surface area contributed by atoms with E-state index in [2.05, 4.69) is 123 Å². The molecule has 0 fully saturated rings. The molecular weight excluding hydrogens is 661 g/mol. The van der Waals surface area contributed by atoms with E-state index < -0.39 is 0 Å². The molecule has 4 aliphatic heterocycles. The second-order valence-electron chi connectivity index (χ2n) is 15.5. The molecule has 0 N–H and O–H groups in total. The first-order valence-electron chi connectivity index (χ1n) is 19.3. The van der Waals surface area contributed by atoms with Crippen LogP contribution >= 0.6 is 11.8 Å². The van der Waals surface area contributed by atoms with Gasteiger partial charge in [0.25, 0.3) is 0 Å². The summed E-state index contributed by atoms with van der Waals surface area (Å²) in [5.74, 6) is 7.59. The number of hydrogen-bond donors (Lipinski definition) is 0. The summed E-state index contributed by atoms with van der Waals surface area (Å²) in [6.45, 7) is 28.5. The topological polar surface area (TPSA) is 53.5 Å². The van der Waals surface area contributed by atoms with E-state index in [1.54, 1.807) is 24.8 Å². The van der Waals surface area contributed by atoms with Crippen molar-refractivity contribution in [3.05, 3.63) is 108 Å². The van der Waals surface area contributed by atoms with E-state index in [0.717, 1.165) is 80.0 Å². The predicted octanol–water partition coefficient (Wildman–Crippen LogP) is 12.6. The number of aromatic nitrogens is 2. The summed E-state index contributed by atoms with van der Waals surface area (Å²) in [6, 6.07) is 20.8. The lowest BCUT2D eigenvalue weighted by atomic mass is 10.2. The zero-order chi connectivity index (χ0) is 38.7. The Hall–Kier alpha value is -3.51. The van der Waals surface area contributed by atoms with Gasteiger partial charge in [0.2, 0.25) is 0 Å². The third-order valence-electron chi connectivity index (χ3n) is 6.20. The Morgan fingerprint density at radius 1 is 0.442 bits per heavy atom. The molecule has 2 aromatic heterocycles. The highest BCUT2D eigenvalue weighted by atomic mass is 32.2. The number of para-hydroxylation sites is 1. The average Bonchev–Trinajstić information content (AvgIpc) is 3.91. The summed E-state index contributed by atoms with van der Waals surface area (Å²) in [7, 11) is 0. The Balaban J connectivity index is 0.000000307. The van der Waals surface area contributed by atoms with Crippen molar-refractivity contribution in [2.45, 2.75) is 114 Å². The number of hydrogen-bond acceptors (Lipinski definition) is 6. The van der Waals surface area contributed by atoms with Crippen LogP contribution in [0.5, 0.6) is 17.2 Å². The van der Waals surface area contributed by atoms with Crippen LogP contribution in [0, 0.1) is 23.7 Å². The number of aryl methyl sites for hydroxylation is 1. The van der Waals surface area contributed by atoms with Crippen LogP contribution in [-0.4, -0.2) is 35.5 Å². The molecule has 0 bridgehead atoms. The van der Waals surface area contributed by atoms with E-state index in [1.807, 2.05) is 42.1 Å². The third kappa shape index (κ3) is 23.1. The highest BCUT2D eigenvalue weighted by molar-refractivity contribution is 7.99. The van der Waals surface area contributed by atoms with E-state index in [9.17, 15) is 0 Å². The monoisotopic (exact) mass is 731 g/mol. The molecule has 4 aliphatic rings. The minimum absolute atomic E-state index is 0.820. The van der Waals surface area contributed by atoms with Gasteiger partial charge in [-0.25, -0.2) is 0 Å². The Labute approximate surface area is 322 Å². The number of pyridine rings is 2. The molecule has 288 valence electrons. The second kappa shape index (κ2) is 28.1. The predicted molar refractivity (Wildman–Crippen MR) is 225 cm³/mol. The fraction of sp³-hybridized carbons (Fsp3) is 0.522. The minimum Gasteiger partial charge on any atom is -0.493 e. The lowest BCUT2D eigenvalue weighted by Gasteiger charge is -1.93. The number of ether oxygens (including phenoxy) is 3. The molecule has 52 heavy (non-hydrogen) atoms. The number of nitrogens with zero attached hydrogens (tertiary/aromatic N) is 2. The summed E-state index contributed by atoms with van der Waals surface area (Å²) < 4.78 is 15.8. The van der Waals surface area contributed by atoms with Gasteiger partial charge in [0, 0.05) is 53.4 Å². The van der Waals surface area contributed by atoms with Crippen LogP contribution in [0.15, 0.2) is 90.3 Å².